The van der Waals surface area contributed by atoms with E-state index in [0.29, 0.717) is 37.7 Å². The highest BCUT2D eigenvalue weighted by Crippen LogP contribution is 2.40. The number of fused-ring (bicyclic) bond motifs is 1. The minimum Gasteiger partial charge on any atom is -0.465 e. The number of H-pyrrole nitrogens is 1. The highest BCUT2D eigenvalue weighted by molar-refractivity contribution is 7.04. The van der Waals surface area contributed by atoms with Crippen molar-refractivity contribution in [2.24, 2.45) is 5.92 Å². The van der Waals surface area contributed by atoms with Gasteiger partial charge in [-0.1, -0.05) is 137 Å². The second kappa shape index (κ2) is 16.1. The quantitative estimate of drug-likeness (QED) is 0.0911. The number of aromatic amines is 1. The number of ether oxygens (including phenoxy) is 1. The fourth-order valence-electron chi connectivity index (χ4n) is 6.88. The van der Waals surface area contributed by atoms with Gasteiger partial charge >= 0.3 is 5.97 Å². The highest BCUT2D eigenvalue weighted by atomic mass is 28.3. The molecule has 0 saturated heterocycles. The van der Waals surface area contributed by atoms with Gasteiger partial charge in [-0.05, 0) is 23.9 Å². The van der Waals surface area contributed by atoms with Crippen LogP contribution in [0, 0.1) is 5.92 Å². The van der Waals surface area contributed by atoms with Gasteiger partial charge < -0.3 is 20.7 Å². The van der Waals surface area contributed by atoms with Crippen LogP contribution in [0.2, 0.25) is 11.1 Å². The predicted octanol–water partition coefficient (Wildman–Crippen LogP) is 6.30. The van der Waals surface area contributed by atoms with Gasteiger partial charge in [0.25, 0.3) is 5.56 Å². The number of nitrogens with zero attached hydrogens (tertiary/aromatic N) is 2. The van der Waals surface area contributed by atoms with Crippen molar-refractivity contribution in [3.8, 4) is 0 Å². The molecule has 3 aromatic rings. The van der Waals surface area contributed by atoms with E-state index in [0.717, 1.165) is 25.3 Å². The van der Waals surface area contributed by atoms with Gasteiger partial charge in [-0.3, -0.25) is 14.6 Å². The molecular formula is C36H53N5O3Si. The Kier molecular flexibility index (Phi) is 12.3. The Labute approximate surface area is 270 Å². The molecule has 0 fully saturated rings. The number of aromatic nitrogens is 2. The average Bonchev–Trinajstić information content (AvgIpc) is 3.42. The lowest BCUT2D eigenvalue weighted by atomic mass is 10.1. The first kappa shape index (κ1) is 34.3. The Hall–Kier alpha value is -3.59. The van der Waals surface area contributed by atoms with Crippen LogP contribution in [0.1, 0.15) is 85.5 Å². The van der Waals surface area contributed by atoms with Crippen LogP contribution in [0.25, 0.3) is 0 Å². The van der Waals surface area contributed by atoms with E-state index >= 15 is 0 Å². The lowest BCUT2D eigenvalue weighted by molar-refractivity contribution is -0.145. The minimum absolute atomic E-state index is 0.0269. The first-order chi connectivity index (χ1) is 21.7. The summed E-state index contributed by atoms with van der Waals surface area (Å²) >= 11 is 0. The molecule has 2 heterocycles. The van der Waals surface area contributed by atoms with E-state index in [-0.39, 0.29) is 28.4 Å². The van der Waals surface area contributed by atoms with E-state index < -0.39 is 8.07 Å². The molecule has 45 heavy (non-hydrogen) atoms. The molecule has 244 valence electrons. The number of nitrogen functional groups attached to an aromatic ring is 1. The number of nitrogens with one attached hydrogen (secondary N) is 2. The molecule has 1 atom stereocenters. The van der Waals surface area contributed by atoms with E-state index in [1.807, 2.05) is 0 Å². The number of esters is 1. The maximum absolute atomic E-state index is 12.9. The SMILES string of the molecule is CCCCCCCCCC(=O)OCC(CC[Si](c1ccccc1)(c1ccccc1)C(C)(C)C)CN1CNc2c1nc(N)[nH]c2=O. The lowest BCUT2D eigenvalue weighted by Crippen LogP contribution is -2.64. The van der Waals surface area contributed by atoms with Crippen LogP contribution < -0.4 is 31.9 Å². The first-order valence-electron chi connectivity index (χ1n) is 16.8. The number of rotatable bonds is 17. The highest BCUT2D eigenvalue weighted by Gasteiger charge is 2.47. The van der Waals surface area contributed by atoms with Gasteiger partial charge in [-0.25, -0.2) is 0 Å². The Morgan fingerprint density at radius 3 is 2.18 bits per heavy atom. The van der Waals surface area contributed by atoms with E-state index in [1.165, 1.54) is 42.5 Å². The zero-order valence-corrected chi connectivity index (χ0v) is 28.7. The number of anilines is 3. The van der Waals surface area contributed by atoms with Crippen LogP contribution in [0.3, 0.4) is 0 Å². The third-order valence-electron chi connectivity index (χ3n) is 9.35. The summed E-state index contributed by atoms with van der Waals surface area (Å²) in [6.45, 7) is 10.7. The third kappa shape index (κ3) is 8.78. The van der Waals surface area contributed by atoms with E-state index in [9.17, 15) is 9.59 Å². The standard InChI is InChI=1S/C36H53N5O3Si/c1-5-6-7-8-9-10-17-22-31(42)44-26-28(25-41-27-38-32-33(41)39-35(37)40-34(32)43)23-24-45(36(2,3)4,29-18-13-11-14-19-29)30-20-15-12-16-21-30/h11-16,18-21,28,38H,5-10,17,22-27H2,1-4H3,(H3,37,39,40,43). The number of hydrogen-bond acceptors (Lipinski definition) is 7. The maximum atomic E-state index is 12.9. The number of hydrogen-bond donors (Lipinski definition) is 3. The molecule has 0 amide bonds. The normalized spacial score (nSPS) is 13.7. The van der Waals surface area contributed by atoms with Crippen molar-refractivity contribution in [1.29, 1.82) is 0 Å². The van der Waals surface area contributed by atoms with Gasteiger partial charge in [0.05, 0.1) is 13.3 Å². The monoisotopic (exact) mass is 631 g/mol. The van der Waals surface area contributed by atoms with Gasteiger partial charge in [0, 0.05) is 18.9 Å². The number of nitrogens with two attached hydrogens (primary N) is 1. The molecular weight excluding hydrogens is 579 g/mol. The van der Waals surface area contributed by atoms with Gasteiger partial charge in [-0.2, -0.15) is 4.98 Å². The van der Waals surface area contributed by atoms with Gasteiger partial charge in [0.2, 0.25) is 5.95 Å². The number of carbonyl (C=O) groups excluding carboxylic acids is 1. The van der Waals surface area contributed by atoms with Crippen molar-refractivity contribution in [1.82, 2.24) is 9.97 Å². The summed E-state index contributed by atoms with van der Waals surface area (Å²) in [5, 5.41) is 6.03. The number of carbonyl (C=O) groups is 1. The third-order valence-corrected chi connectivity index (χ3v) is 15.6. The summed E-state index contributed by atoms with van der Waals surface area (Å²) in [5.41, 5.74) is 6.09. The molecule has 0 radical (unpaired) electrons. The largest absolute Gasteiger partial charge is 0.465 e. The molecule has 4 rings (SSSR count). The zero-order valence-electron chi connectivity index (χ0n) is 27.7. The second-order valence-electron chi connectivity index (χ2n) is 13.6. The lowest BCUT2D eigenvalue weighted by Gasteiger charge is -2.45. The number of unbranched alkanes of at least 4 members (excludes halogenated alkanes) is 6. The molecule has 1 aliphatic heterocycles. The molecule has 9 heteroatoms. The zero-order chi connectivity index (χ0) is 32.3. The van der Waals surface area contributed by atoms with E-state index in [2.05, 4.69) is 109 Å². The van der Waals surface area contributed by atoms with Gasteiger partial charge in [0.15, 0.2) is 5.82 Å². The van der Waals surface area contributed by atoms with E-state index in [4.69, 9.17) is 10.5 Å². The molecule has 0 spiro atoms. The molecule has 4 N–H and O–H groups in total. The summed E-state index contributed by atoms with van der Waals surface area (Å²) in [6, 6.07) is 22.9. The van der Waals surface area contributed by atoms with Crippen LogP contribution >= 0.6 is 0 Å². The van der Waals surface area contributed by atoms with Crippen molar-refractivity contribution in [2.45, 2.75) is 96.6 Å². The molecule has 0 aliphatic carbocycles. The molecule has 1 aromatic heterocycles. The van der Waals surface area contributed by atoms with Crippen LogP contribution in [0.4, 0.5) is 17.5 Å². The summed E-state index contributed by atoms with van der Waals surface area (Å²) in [7, 11) is -2.32. The van der Waals surface area contributed by atoms with Crippen LogP contribution in [0.15, 0.2) is 65.5 Å². The van der Waals surface area contributed by atoms with Gasteiger partial charge in [0.1, 0.15) is 13.8 Å². The van der Waals surface area contributed by atoms with Crippen molar-refractivity contribution in [3.05, 3.63) is 71.0 Å². The molecule has 1 unspecified atom stereocenters. The van der Waals surface area contributed by atoms with Crippen molar-refractivity contribution in [2.75, 3.05) is 35.8 Å². The Balaban J connectivity index is 1.54. The Morgan fingerprint density at radius 1 is 0.978 bits per heavy atom. The van der Waals surface area contributed by atoms with Crippen molar-refractivity contribution >= 4 is 41.9 Å². The molecule has 8 nitrogen and oxygen atoms in total. The maximum Gasteiger partial charge on any atom is 0.305 e. The van der Waals surface area contributed by atoms with Crippen LogP contribution in [0.5, 0.6) is 0 Å². The predicted molar refractivity (Wildman–Crippen MR) is 189 cm³/mol. The fraction of sp³-hybridized carbons (Fsp3) is 0.528. The van der Waals surface area contributed by atoms with Gasteiger partial charge in [-0.15, -0.1) is 0 Å². The van der Waals surface area contributed by atoms with Crippen LogP contribution in [-0.4, -0.2) is 43.8 Å². The smallest absolute Gasteiger partial charge is 0.305 e. The van der Waals surface area contributed by atoms with Crippen molar-refractivity contribution < 1.29 is 9.53 Å². The molecule has 2 aromatic carbocycles. The Bertz CT molecular complexity index is 1370. The molecule has 0 bridgehead atoms. The first-order valence-corrected chi connectivity index (χ1v) is 19.0. The average molecular weight is 632 g/mol. The van der Waals surface area contributed by atoms with E-state index in [1.54, 1.807) is 0 Å². The Morgan fingerprint density at radius 2 is 1.58 bits per heavy atom. The molecule has 1 aliphatic rings. The van der Waals surface area contributed by atoms with Crippen LogP contribution in [-0.2, 0) is 9.53 Å². The second-order valence-corrected chi connectivity index (χ2v) is 18.5. The fourth-order valence-corrected chi connectivity index (χ4v) is 12.6. The summed E-state index contributed by atoms with van der Waals surface area (Å²) < 4.78 is 5.97. The minimum atomic E-state index is -2.32. The topological polar surface area (TPSA) is 113 Å². The number of benzene rings is 2. The van der Waals surface area contributed by atoms with Crippen molar-refractivity contribution in [3.63, 3.8) is 0 Å². The summed E-state index contributed by atoms with van der Waals surface area (Å²) in [4.78, 5) is 34.5. The summed E-state index contributed by atoms with van der Waals surface area (Å²) in [5.74, 6) is 0.566. The molecule has 0 saturated carbocycles. The summed E-state index contributed by atoms with van der Waals surface area (Å²) in [6.07, 6.45) is 9.45.